The van der Waals surface area contributed by atoms with Crippen LogP contribution in [0, 0.1) is 0 Å². The molecule has 2 fully saturated rings. The van der Waals surface area contributed by atoms with Gasteiger partial charge in [-0.2, -0.15) is 0 Å². The summed E-state index contributed by atoms with van der Waals surface area (Å²) in [5.41, 5.74) is -0.409. The van der Waals surface area contributed by atoms with Gasteiger partial charge in [0, 0.05) is 19.7 Å². The first-order valence-electron chi connectivity index (χ1n) is 7.98. The predicted molar refractivity (Wildman–Crippen MR) is 89.8 cm³/mol. The van der Waals surface area contributed by atoms with Gasteiger partial charge in [-0.05, 0) is 43.6 Å². The van der Waals surface area contributed by atoms with E-state index in [-0.39, 0.29) is 12.0 Å². The third-order valence-electron chi connectivity index (χ3n) is 4.59. The first-order valence-corrected chi connectivity index (χ1v) is 9.79. The Kier molecular flexibility index (Phi) is 5.12. The van der Waals surface area contributed by atoms with E-state index >= 15 is 0 Å². The van der Waals surface area contributed by atoms with Crippen molar-refractivity contribution in [3.63, 3.8) is 0 Å². The van der Waals surface area contributed by atoms with Crippen LogP contribution in [-0.4, -0.2) is 53.1 Å². The van der Waals surface area contributed by atoms with Crippen LogP contribution in [0.4, 0.5) is 0 Å². The van der Waals surface area contributed by atoms with Crippen molar-refractivity contribution in [3.05, 3.63) is 17.0 Å². The molecule has 2 saturated heterocycles. The van der Waals surface area contributed by atoms with Crippen LogP contribution in [0.5, 0.6) is 0 Å². The second-order valence-electron chi connectivity index (χ2n) is 5.92. The van der Waals surface area contributed by atoms with Crippen LogP contribution in [0.25, 0.3) is 0 Å². The van der Waals surface area contributed by atoms with Crippen LogP contribution in [0.1, 0.15) is 42.3 Å². The molecule has 3 heterocycles. The number of aliphatic hydroxyl groups excluding tert-OH is 1. The molecule has 1 atom stereocenters. The van der Waals surface area contributed by atoms with Gasteiger partial charge in [0.2, 0.25) is 0 Å². The van der Waals surface area contributed by atoms with Crippen molar-refractivity contribution in [2.45, 2.75) is 48.5 Å². The smallest absolute Gasteiger partial charge is 0.263 e. The maximum atomic E-state index is 12.6. The zero-order chi connectivity index (χ0) is 15.6. The van der Waals surface area contributed by atoms with Crippen LogP contribution in [0.2, 0.25) is 0 Å². The van der Waals surface area contributed by atoms with Gasteiger partial charge in [-0.25, -0.2) is 0 Å². The maximum Gasteiger partial charge on any atom is 0.263 e. The molecule has 3 rings (SSSR count). The third-order valence-corrected chi connectivity index (χ3v) is 6.78. The summed E-state index contributed by atoms with van der Waals surface area (Å²) < 4.78 is 7.10. The lowest BCUT2D eigenvalue weighted by Crippen LogP contribution is -2.56. The first-order chi connectivity index (χ1) is 10.6. The fraction of sp³-hybridized carbons (Fsp3) is 0.688. The number of thioether (sulfide) groups is 1. The normalized spacial score (nSPS) is 24.6. The van der Waals surface area contributed by atoms with Gasteiger partial charge < -0.3 is 14.7 Å². The largest absolute Gasteiger partial charge is 0.390 e. The predicted octanol–water partition coefficient (Wildman–Crippen LogP) is 3.01. The Hall–Kier alpha value is -0.560. The van der Waals surface area contributed by atoms with Crippen LogP contribution in [-0.2, 0) is 4.74 Å². The average Bonchev–Trinajstić information content (AvgIpc) is 3.00. The molecule has 1 spiro atoms. The average molecular weight is 341 g/mol. The number of thiophene rings is 1. The number of ether oxygens (including phenoxy) is 1. The molecule has 6 heteroatoms. The van der Waals surface area contributed by atoms with E-state index < -0.39 is 5.60 Å². The Balaban J connectivity index is 1.61. The highest BCUT2D eigenvalue weighted by molar-refractivity contribution is 8.01. The molecule has 2 aliphatic rings. The molecule has 1 unspecified atom stereocenters. The lowest BCUT2D eigenvalue weighted by Gasteiger charge is -2.46. The summed E-state index contributed by atoms with van der Waals surface area (Å²) in [5.74, 6) is 1.14. The lowest BCUT2D eigenvalue weighted by molar-refractivity contribution is -0.174. The number of carbonyl (C=O) groups excluding carboxylic acids is 1. The maximum absolute atomic E-state index is 12.6. The Labute approximate surface area is 139 Å². The SMILES string of the molecule is CCSc1ccc(C(=O)N2CCC3(CC2)OCCCC3O)s1. The summed E-state index contributed by atoms with van der Waals surface area (Å²) in [7, 11) is 0. The number of hydrogen-bond acceptors (Lipinski definition) is 5. The molecular weight excluding hydrogens is 318 g/mol. The van der Waals surface area contributed by atoms with E-state index in [1.807, 2.05) is 17.0 Å². The standard InChI is InChI=1S/C16H23NO3S2/c1-2-21-14-6-5-12(22-14)15(19)17-9-7-16(8-10-17)13(18)4-3-11-20-16/h5-6,13,18H,2-4,7-11H2,1H3. The van der Waals surface area contributed by atoms with Crippen molar-refractivity contribution < 1.29 is 14.6 Å². The number of likely N-dealkylation sites (tertiary alicyclic amines) is 1. The summed E-state index contributed by atoms with van der Waals surface area (Å²) >= 11 is 3.35. The number of carbonyl (C=O) groups is 1. The molecule has 1 aromatic heterocycles. The number of hydrogen-bond donors (Lipinski definition) is 1. The molecule has 1 aromatic rings. The zero-order valence-corrected chi connectivity index (χ0v) is 14.5. The van der Waals surface area contributed by atoms with Gasteiger partial charge in [0.15, 0.2) is 0 Å². The summed E-state index contributed by atoms with van der Waals surface area (Å²) in [4.78, 5) is 15.3. The topological polar surface area (TPSA) is 49.8 Å². The van der Waals surface area contributed by atoms with Crippen molar-refractivity contribution in [1.29, 1.82) is 0 Å². The van der Waals surface area contributed by atoms with Gasteiger partial charge in [-0.15, -0.1) is 23.1 Å². The molecule has 0 radical (unpaired) electrons. The van der Waals surface area contributed by atoms with Crippen molar-refractivity contribution in [2.75, 3.05) is 25.4 Å². The van der Waals surface area contributed by atoms with E-state index in [2.05, 4.69) is 6.92 Å². The summed E-state index contributed by atoms with van der Waals surface area (Å²) in [6.45, 7) is 4.19. The van der Waals surface area contributed by atoms with Crippen molar-refractivity contribution >= 4 is 29.0 Å². The number of nitrogens with zero attached hydrogens (tertiary/aromatic N) is 1. The molecule has 0 aromatic carbocycles. The van der Waals surface area contributed by atoms with Gasteiger partial charge in [-0.3, -0.25) is 4.79 Å². The number of piperidine rings is 1. The molecular formula is C16H23NO3S2. The van der Waals surface area contributed by atoms with Gasteiger partial charge in [0.05, 0.1) is 20.8 Å². The highest BCUT2D eigenvalue weighted by Crippen LogP contribution is 2.36. The molecule has 2 aliphatic heterocycles. The highest BCUT2D eigenvalue weighted by Gasteiger charge is 2.44. The van der Waals surface area contributed by atoms with Gasteiger partial charge >= 0.3 is 0 Å². The molecule has 0 aliphatic carbocycles. The second kappa shape index (κ2) is 6.91. The van der Waals surface area contributed by atoms with E-state index in [1.165, 1.54) is 4.21 Å². The van der Waals surface area contributed by atoms with E-state index in [0.717, 1.165) is 42.9 Å². The number of amides is 1. The fourth-order valence-corrected chi connectivity index (χ4v) is 5.30. The minimum absolute atomic E-state index is 0.119. The van der Waals surface area contributed by atoms with Gasteiger partial charge in [0.25, 0.3) is 5.91 Å². The van der Waals surface area contributed by atoms with E-state index in [0.29, 0.717) is 13.1 Å². The Bertz CT molecular complexity index is 523. The third kappa shape index (κ3) is 3.20. The van der Waals surface area contributed by atoms with Gasteiger partial charge in [-0.1, -0.05) is 6.92 Å². The monoisotopic (exact) mass is 341 g/mol. The van der Waals surface area contributed by atoms with Gasteiger partial charge in [0.1, 0.15) is 0 Å². The Morgan fingerprint density at radius 1 is 1.50 bits per heavy atom. The molecule has 0 bridgehead atoms. The molecule has 1 amide bonds. The first kappa shape index (κ1) is 16.3. The van der Waals surface area contributed by atoms with E-state index in [4.69, 9.17) is 4.74 Å². The van der Waals surface area contributed by atoms with Crippen molar-refractivity contribution in [2.24, 2.45) is 0 Å². The summed E-state index contributed by atoms with van der Waals surface area (Å²) in [5, 5.41) is 10.3. The quantitative estimate of drug-likeness (QED) is 0.859. The molecule has 1 N–H and O–H groups in total. The second-order valence-corrected chi connectivity index (χ2v) is 8.56. The summed E-state index contributed by atoms with van der Waals surface area (Å²) in [6.07, 6.45) is 2.84. The Morgan fingerprint density at radius 3 is 2.95 bits per heavy atom. The number of rotatable bonds is 3. The van der Waals surface area contributed by atoms with Crippen LogP contribution < -0.4 is 0 Å². The Morgan fingerprint density at radius 2 is 2.27 bits per heavy atom. The summed E-state index contributed by atoms with van der Waals surface area (Å²) in [6, 6.07) is 3.97. The van der Waals surface area contributed by atoms with E-state index in [1.54, 1.807) is 23.1 Å². The zero-order valence-electron chi connectivity index (χ0n) is 12.9. The van der Waals surface area contributed by atoms with Crippen LogP contribution >= 0.6 is 23.1 Å². The highest BCUT2D eigenvalue weighted by atomic mass is 32.2. The van der Waals surface area contributed by atoms with E-state index in [9.17, 15) is 9.90 Å². The fourth-order valence-electron chi connectivity index (χ4n) is 3.29. The molecule has 4 nitrogen and oxygen atoms in total. The number of aliphatic hydroxyl groups is 1. The molecule has 0 saturated carbocycles. The van der Waals surface area contributed by atoms with Crippen molar-refractivity contribution in [1.82, 2.24) is 4.90 Å². The molecule has 122 valence electrons. The minimum atomic E-state index is -0.409. The van der Waals surface area contributed by atoms with Crippen molar-refractivity contribution in [3.8, 4) is 0 Å². The minimum Gasteiger partial charge on any atom is -0.390 e. The lowest BCUT2D eigenvalue weighted by atomic mass is 9.82. The molecule has 22 heavy (non-hydrogen) atoms. The van der Waals surface area contributed by atoms with Crippen LogP contribution in [0.15, 0.2) is 16.3 Å². The van der Waals surface area contributed by atoms with Crippen LogP contribution in [0.3, 0.4) is 0 Å².